The van der Waals surface area contributed by atoms with Crippen LogP contribution in [0.15, 0.2) is 12.2 Å². The molecule has 0 amide bonds. The lowest BCUT2D eigenvalue weighted by atomic mass is 9.93. The monoisotopic (exact) mass is 244 g/mol. The van der Waals surface area contributed by atoms with Crippen LogP contribution in [0.25, 0.3) is 0 Å². The molecule has 0 bridgehead atoms. The Kier molecular flexibility index (Phi) is 5.08. The third-order valence-electron chi connectivity index (χ3n) is 3.01. The number of alkyl halides is 1. The lowest BCUT2D eigenvalue weighted by molar-refractivity contribution is 0.444. The first kappa shape index (κ1) is 11.3. The molecule has 1 aliphatic carbocycles. The minimum Gasteiger partial charge on any atom is -0.100 e. The number of allylic oxidation sites excluding steroid dienone is 1. The Morgan fingerprint density at radius 3 is 2.69 bits per heavy atom. The van der Waals surface area contributed by atoms with Gasteiger partial charge in [0.1, 0.15) is 0 Å². The smallest absolute Gasteiger partial charge is 0.0174 e. The summed E-state index contributed by atoms with van der Waals surface area (Å²) in [5, 5.41) is 0. The van der Waals surface area contributed by atoms with E-state index in [1.54, 1.807) is 0 Å². The van der Waals surface area contributed by atoms with E-state index >= 15 is 0 Å². The zero-order valence-electron chi connectivity index (χ0n) is 8.69. The Bertz CT molecular complexity index is 163. The van der Waals surface area contributed by atoms with Gasteiger partial charge in [-0.25, -0.2) is 0 Å². The molecular weight excluding hydrogens is 224 g/mol. The summed E-state index contributed by atoms with van der Waals surface area (Å²) in [5.74, 6) is 0.902. The van der Waals surface area contributed by atoms with Crippen molar-refractivity contribution in [3.05, 3.63) is 12.2 Å². The number of halogens is 1. The minimum absolute atomic E-state index is 0.773. The Morgan fingerprint density at radius 1 is 1.31 bits per heavy atom. The Balaban J connectivity index is 2.31. The molecule has 1 heteroatoms. The number of hydrogen-bond acceptors (Lipinski definition) is 0. The molecule has 0 aromatic rings. The molecule has 0 saturated heterocycles. The summed E-state index contributed by atoms with van der Waals surface area (Å²) in [6, 6.07) is 0. The molecule has 2 unspecified atom stereocenters. The van der Waals surface area contributed by atoms with Crippen molar-refractivity contribution in [2.45, 2.75) is 56.7 Å². The molecule has 1 fully saturated rings. The first-order valence-corrected chi connectivity index (χ1v) is 6.40. The van der Waals surface area contributed by atoms with E-state index in [-0.39, 0.29) is 0 Å². The van der Waals surface area contributed by atoms with Crippen LogP contribution in [-0.4, -0.2) is 4.83 Å². The van der Waals surface area contributed by atoms with Crippen molar-refractivity contribution < 1.29 is 0 Å². The van der Waals surface area contributed by atoms with Crippen LogP contribution in [0.5, 0.6) is 0 Å². The third kappa shape index (κ3) is 4.30. The third-order valence-corrected chi connectivity index (χ3v) is 4.21. The lowest BCUT2D eigenvalue weighted by Gasteiger charge is -2.19. The molecule has 0 aromatic carbocycles. The van der Waals surface area contributed by atoms with Crippen LogP contribution in [0.1, 0.15) is 51.9 Å². The van der Waals surface area contributed by atoms with Crippen LogP contribution in [-0.2, 0) is 0 Å². The van der Waals surface area contributed by atoms with Gasteiger partial charge in [-0.2, -0.15) is 0 Å². The number of rotatable bonds is 3. The van der Waals surface area contributed by atoms with Crippen LogP contribution >= 0.6 is 15.9 Å². The highest BCUT2D eigenvalue weighted by molar-refractivity contribution is 9.09. The van der Waals surface area contributed by atoms with Gasteiger partial charge in [0.05, 0.1) is 0 Å². The van der Waals surface area contributed by atoms with Crippen molar-refractivity contribution in [2.24, 2.45) is 5.92 Å². The zero-order valence-corrected chi connectivity index (χ0v) is 10.3. The SMILES string of the molecule is C=C(C)CCC1CCCCCC1Br. The van der Waals surface area contributed by atoms with E-state index in [2.05, 4.69) is 29.4 Å². The molecule has 76 valence electrons. The highest BCUT2D eigenvalue weighted by Gasteiger charge is 2.20. The molecule has 0 aromatic heterocycles. The molecule has 1 saturated carbocycles. The zero-order chi connectivity index (χ0) is 9.68. The molecule has 0 radical (unpaired) electrons. The summed E-state index contributed by atoms with van der Waals surface area (Å²) in [5.41, 5.74) is 1.34. The van der Waals surface area contributed by atoms with Gasteiger partial charge >= 0.3 is 0 Å². The van der Waals surface area contributed by atoms with Crippen molar-refractivity contribution in [2.75, 3.05) is 0 Å². The molecular formula is C12H21Br. The Labute approximate surface area is 90.9 Å². The van der Waals surface area contributed by atoms with Crippen LogP contribution in [0.4, 0.5) is 0 Å². The molecule has 13 heavy (non-hydrogen) atoms. The molecule has 1 rings (SSSR count). The van der Waals surface area contributed by atoms with Gasteiger partial charge in [0.25, 0.3) is 0 Å². The van der Waals surface area contributed by atoms with Crippen LogP contribution in [0, 0.1) is 5.92 Å². The molecule has 0 spiro atoms. The summed E-state index contributed by atoms with van der Waals surface area (Å²) in [7, 11) is 0. The highest BCUT2D eigenvalue weighted by Crippen LogP contribution is 2.32. The maximum atomic E-state index is 3.97. The van der Waals surface area contributed by atoms with E-state index in [0.29, 0.717) is 0 Å². The normalized spacial score (nSPS) is 29.7. The Hall–Kier alpha value is 0.220. The fraction of sp³-hybridized carbons (Fsp3) is 0.833. The lowest BCUT2D eigenvalue weighted by Crippen LogP contribution is -2.12. The topological polar surface area (TPSA) is 0 Å². The van der Waals surface area contributed by atoms with Crippen molar-refractivity contribution in [3.63, 3.8) is 0 Å². The maximum absolute atomic E-state index is 3.97. The van der Waals surface area contributed by atoms with Gasteiger partial charge in [0.15, 0.2) is 0 Å². The molecule has 0 N–H and O–H groups in total. The van der Waals surface area contributed by atoms with Crippen LogP contribution < -0.4 is 0 Å². The highest BCUT2D eigenvalue weighted by atomic mass is 79.9. The first-order chi connectivity index (χ1) is 6.20. The molecule has 1 aliphatic rings. The van der Waals surface area contributed by atoms with E-state index in [1.165, 1.54) is 50.5 Å². The Morgan fingerprint density at radius 2 is 2.00 bits per heavy atom. The van der Waals surface area contributed by atoms with Gasteiger partial charge in [0, 0.05) is 4.83 Å². The van der Waals surface area contributed by atoms with Crippen LogP contribution in [0.3, 0.4) is 0 Å². The largest absolute Gasteiger partial charge is 0.100 e. The summed E-state index contributed by atoms with van der Waals surface area (Å²) in [6.45, 7) is 6.11. The van der Waals surface area contributed by atoms with E-state index in [1.807, 2.05) is 0 Å². The fourth-order valence-corrected chi connectivity index (χ4v) is 2.95. The van der Waals surface area contributed by atoms with E-state index in [9.17, 15) is 0 Å². The van der Waals surface area contributed by atoms with Gasteiger partial charge in [-0.3, -0.25) is 0 Å². The van der Waals surface area contributed by atoms with Crippen molar-refractivity contribution in [3.8, 4) is 0 Å². The van der Waals surface area contributed by atoms with Crippen molar-refractivity contribution in [1.82, 2.24) is 0 Å². The van der Waals surface area contributed by atoms with Crippen molar-refractivity contribution in [1.29, 1.82) is 0 Å². The van der Waals surface area contributed by atoms with Gasteiger partial charge in [-0.05, 0) is 38.5 Å². The standard InChI is InChI=1S/C12H21Br/c1-10(2)8-9-11-6-4-3-5-7-12(11)13/h11-12H,1,3-9H2,2H3. The van der Waals surface area contributed by atoms with E-state index in [0.717, 1.165) is 10.7 Å². The van der Waals surface area contributed by atoms with Gasteiger partial charge < -0.3 is 0 Å². The summed E-state index contributed by atoms with van der Waals surface area (Å²) in [4.78, 5) is 0.773. The van der Waals surface area contributed by atoms with Gasteiger partial charge in [-0.1, -0.05) is 40.8 Å². The second-order valence-corrected chi connectivity index (χ2v) is 5.59. The average Bonchev–Trinajstić information content (AvgIpc) is 2.27. The fourth-order valence-electron chi connectivity index (χ4n) is 2.10. The minimum atomic E-state index is 0.773. The van der Waals surface area contributed by atoms with Crippen molar-refractivity contribution >= 4 is 15.9 Å². The molecule has 0 heterocycles. The first-order valence-electron chi connectivity index (χ1n) is 5.48. The van der Waals surface area contributed by atoms with Gasteiger partial charge in [0.2, 0.25) is 0 Å². The quantitative estimate of drug-likeness (QED) is 0.384. The van der Waals surface area contributed by atoms with Crippen LogP contribution in [0.2, 0.25) is 0 Å². The van der Waals surface area contributed by atoms with E-state index < -0.39 is 0 Å². The van der Waals surface area contributed by atoms with Gasteiger partial charge in [-0.15, -0.1) is 6.58 Å². The predicted octanol–water partition coefficient (Wildman–Crippen LogP) is 4.69. The second kappa shape index (κ2) is 5.85. The molecule has 0 aliphatic heterocycles. The number of hydrogen-bond donors (Lipinski definition) is 0. The summed E-state index contributed by atoms with van der Waals surface area (Å²) < 4.78 is 0. The van der Waals surface area contributed by atoms with E-state index in [4.69, 9.17) is 0 Å². The second-order valence-electron chi connectivity index (χ2n) is 4.41. The summed E-state index contributed by atoms with van der Waals surface area (Å²) >= 11 is 3.83. The predicted molar refractivity (Wildman–Crippen MR) is 63.3 cm³/mol. The average molecular weight is 245 g/mol. The molecule has 2 atom stereocenters. The molecule has 0 nitrogen and oxygen atoms in total. The maximum Gasteiger partial charge on any atom is 0.0174 e. The summed E-state index contributed by atoms with van der Waals surface area (Å²) in [6.07, 6.45) is 9.64.